The van der Waals surface area contributed by atoms with Crippen LogP contribution in [0.4, 0.5) is 5.82 Å². The van der Waals surface area contributed by atoms with Gasteiger partial charge in [-0.2, -0.15) is 4.98 Å². The number of anilines is 1. The monoisotopic (exact) mass is 362 g/mol. The van der Waals surface area contributed by atoms with Crippen LogP contribution in [0.3, 0.4) is 0 Å². The molecule has 0 unspecified atom stereocenters. The van der Waals surface area contributed by atoms with Crippen molar-refractivity contribution >= 4 is 44.9 Å². The lowest BCUT2D eigenvalue weighted by atomic mass is 10.3. The molecule has 7 heteroatoms. The third kappa shape index (κ3) is 3.23. The van der Waals surface area contributed by atoms with E-state index in [4.69, 9.17) is 38.4 Å². The lowest BCUT2D eigenvalue weighted by Crippen LogP contribution is -1.96. The van der Waals surface area contributed by atoms with Crippen LogP contribution in [0.25, 0.3) is 0 Å². The van der Waals surface area contributed by atoms with Gasteiger partial charge in [-0.05, 0) is 40.2 Å². The number of benzene rings is 1. The average molecular weight is 364 g/mol. The Morgan fingerprint density at radius 1 is 1.21 bits per heavy atom. The van der Waals surface area contributed by atoms with Crippen LogP contribution < -0.4 is 15.2 Å². The van der Waals surface area contributed by atoms with Gasteiger partial charge in [0, 0.05) is 0 Å². The van der Waals surface area contributed by atoms with Crippen molar-refractivity contribution in [1.82, 2.24) is 4.98 Å². The second-order valence-electron chi connectivity index (χ2n) is 3.54. The topological polar surface area (TPSA) is 57.4 Å². The molecule has 0 radical (unpaired) electrons. The maximum atomic E-state index is 5.99. The van der Waals surface area contributed by atoms with Gasteiger partial charge >= 0.3 is 0 Å². The summed E-state index contributed by atoms with van der Waals surface area (Å²) in [4.78, 5) is 3.99. The fourth-order valence-corrected chi connectivity index (χ4v) is 2.17. The van der Waals surface area contributed by atoms with Gasteiger partial charge in [-0.3, -0.25) is 0 Å². The van der Waals surface area contributed by atoms with Crippen LogP contribution in [0.15, 0.2) is 28.7 Å². The van der Waals surface area contributed by atoms with Gasteiger partial charge in [-0.25, -0.2) is 0 Å². The van der Waals surface area contributed by atoms with E-state index in [0.717, 1.165) is 0 Å². The van der Waals surface area contributed by atoms with Gasteiger partial charge in [-0.1, -0.05) is 23.2 Å². The van der Waals surface area contributed by atoms with E-state index >= 15 is 0 Å². The Morgan fingerprint density at radius 2 is 1.95 bits per heavy atom. The van der Waals surface area contributed by atoms with Crippen LogP contribution >= 0.6 is 39.1 Å². The Kier molecular flexibility index (Phi) is 4.39. The predicted octanol–water partition coefficient (Wildman–Crippen LogP) is 4.53. The number of ether oxygens (including phenoxy) is 2. The van der Waals surface area contributed by atoms with Crippen LogP contribution in [-0.4, -0.2) is 12.1 Å². The average Bonchev–Trinajstić information content (AvgIpc) is 2.38. The van der Waals surface area contributed by atoms with Gasteiger partial charge in [-0.15, -0.1) is 0 Å². The van der Waals surface area contributed by atoms with Crippen molar-refractivity contribution in [3.8, 4) is 17.4 Å². The molecule has 100 valence electrons. The smallest absolute Gasteiger partial charge is 0.240 e. The van der Waals surface area contributed by atoms with E-state index in [1.807, 2.05) is 0 Å². The number of hydrogen-bond acceptors (Lipinski definition) is 4. The van der Waals surface area contributed by atoms with Crippen molar-refractivity contribution in [3.05, 3.63) is 38.8 Å². The number of hydrogen-bond donors (Lipinski definition) is 1. The van der Waals surface area contributed by atoms with Gasteiger partial charge < -0.3 is 15.2 Å². The zero-order valence-electron chi connectivity index (χ0n) is 9.78. The number of halogens is 3. The van der Waals surface area contributed by atoms with Crippen LogP contribution in [0, 0.1) is 0 Å². The fourth-order valence-electron chi connectivity index (χ4n) is 1.33. The van der Waals surface area contributed by atoms with Crippen molar-refractivity contribution < 1.29 is 9.47 Å². The molecule has 1 aromatic heterocycles. The van der Waals surface area contributed by atoms with Crippen LogP contribution in [0.1, 0.15) is 0 Å². The zero-order chi connectivity index (χ0) is 14.0. The Balaban J connectivity index is 2.33. The second kappa shape index (κ2) is 5.86. The molecule has 19 heavy (non-hydrogen) atoms. The van der Waals surface area contributed by atoms with Crippen LogP contribution in [0.2, 0.25) is 10.0 Å². The number of nitrogens with zero attached hydrogens (tertiary/aromatic N) is 1. The maximum absolute atomic E-state index is 5.99. The summed E-state index contributed by atoms with van der Waals surface area (Å²) in [6, 6.07) is 6.74. The largest absolute Gasteiger partial charge is 0.497 e. The van der Waals surface area contributed by atoms with Gasteiger partial charge in [0.25, 0.3) is 0 Å². The molecule has 0 aliphatic heterocycles. The highest BCUT2D eigenvalue weighted by Gasteiger charge is 2.11. The first-order chi connectivity index (χ1) is 9.01. The minimum Gasteiger partial charge on any atom is -0.497 e. The number of aromatic nitrogens is 1. The molecular formula is C12H9BrCl2N2O2. The van der Waals surface area contributed by atoms with Crippen molar-refractivity contribution in [2.75, 3.05) is 12.8 Å². The molecule has 0 spiro atoms. The molecular weight excluding hydrogens is 355 g/mol. The third-order valence-corrected chi connectivity index (χ3v) is 3.46. The normalized spacial score (nSPS) is 10.3. The molecule has 2 rings (SSSR count). The Labute approximate surface area is 128 Å². The van der Waals surface area contributed by atoms with Crippen molar-refractivity contribution in [2.24, 2.45) is 0 Å². The van der Waals surface area contributed by atoms with Gasteiger partial charge in [0.2, 0.25) is 5.88 Å². The fraction of sp³-hybridized carbons (Fsp3) is 0.0833. The molecule has 0 bridgehead atoms. The van der Waals surface area contributed by atoms with Crippen LogP contribution in [-0.2, 0) is 0 Å². The standard InChI is InChI=1S/C12H9BrCl2N2O2/c1-18-6-2-3-10(7(13)4-6)19-12-9(15)5-8(14)11(16)17-12/h2-5H,1H3,(H2,16,17). The highest BCUT2D eigenvalue weighted by Crippen LogP contribution is 2.36. The van der Waals surface area contributed by atoms with Gasteiger partial charge in [0.05, 0.1) is 16.6 Å². The SMILES string of the molecule is COc1ccc(Oc2nc(N)c(Cl)cc2Cl)c(Br)c1. The Bertz CT molecular complexity index is 623. The lowest BCUT2D eigenvalue weighted by molar-refractivity contribution is 0.411. The summed E-state index contributed by atoms with van der Waals surface area (Å²) < 4.78 is 11.4. The molecule has 0 saturated heterocycles. The first-order valence-corrected chi connectivity index (χ1v) is 6.69. The van der Waals surface area contributed by atoms with Crippen molar-refractivity contribution in [2.45, 2.75) is 0 Å². The third-order valence-electron chi connectivity index (χ3n) is 2.27. The second-order valence-corrected chi connectivity index (χ2v) is 5.21. The van der Waals surface area contributed by atoms with E-state index in [1.54, 1.807) is 25.3 Å². The van der Waals surface area contributed by atoms with Crippen molar-refractivity contribution in [1.29, 1.82) is 0 Å². The molecule has 0 aliphatic carbocycles. The summed E-state index contributed by atoms with van der Waals surface area (Å²) in [6.45, 7) is 0. The number of rotatable bonds is 3. The molecule has 0 saturated carbocycles. The summed E-state index contributed by atoms with van der Waals surface area (Å²) >= 11 is 15.2. The highest BCUT2D eigenvalue weighted by atomic mass is 79.9. The van der Waals surface area contributed by atoms with E-state index in [9.17, 15) is 0 Å². The number of pyridine rings is 1. The summed E-state index contributed by atoms with van der Waals surface area (Å²) in [5.74, 6) is 1.59. The van der Waals surface area contributed by atoms with E-state index in [0.29, 0.717) is 16.0 Å². The summed E-state index contributed by atoms with van der Waals surface area (Å²) in [5, 5.41) is 0.563. The predicted molar refractivity (Wildman–Crippen MR) is 79.4 cm³/mol. The number of nitrogens with two attached hydrogens (primary N) is 1. The molecule has 1 aromatic carbocycles. The van der Waals surface area contributed by atoms with E-state index < -0.39 is 0 Å². The zero-order valence-corrected chi connectivity index (χ0v) is 12.9. The summed E-state index contributed by atoms with van der Waals surface area (Å²) in [7, 11) is 1.58. The Hall–Kier alpha value is -1.17. The number of methoxy groups -OCH3 is 1. The van der Waals surface area contributed by atoms with Crippen molar-refractivity contribution in [3.63, 3.8) is 0 Å². The summed E-state index contributed by atoms with van der Waals surface area (Å²) in [5.41, 5.74) is 5.61. The molecule has 1 heterocycles. The van der Waals surface area contributed by atoms with Gasteiger partial charge in [0.15, 0.2) is 0 Å². The molecule has 0 aliphatic rings. The Morgan fingerprint density at radius 3 is 2.58 bits per heavy atom. The first-order valence-electron chi connectivity index (χ1n) is 5.14. The minimum atomic E-state index is 0.158. The molecule has 2 N–H and O–H groups in total. The van der Waals surface area contributed by atoms with Gasteiger partial charge in [0.1, 0.15) is 22.3 Å². The highest BCUT2D eigenvalue weighted by molar-refractivity contribution is 9.10. The van der Waals surface area contributed by atoms with E-state index in [1.165, 1.54) is 6.07 Å². The molecule has 4 nitrogen and oxygen atoms in total. The maximum Gasteiger partial charge on any atom is 0.240 e. The first kappa shape index (κ1) is 14.2. The minimum absolute atomic E-state index is 0.158. The molecule has 0 amide bonds. The van der Waals surface area contributed by atoms with Crippen LogP contribution in [0.5, 0.6) is 17.4 Å². The summed E-state index contributed by atoms with van der Waals surface area (Å²) in [6.07, 6.45) is 0. The van der Waals surface area contributed by atoms with E-state index in [2.05, 4.69) is 20.9 Å². The molecule has 2 aromatic rings. The quantitative estimate of drug-likeness (QED) is 0.869. The molecule has 0 fully saturated rings. The molecule has 0 atom stereocenters. The van der Waals surface area contributed by atoms with E-state index in [-0.39, 0.29) is 21.7 Å². The lowest BCUT2D eigenvalue weighted by Gasteiger charge is -2.10. The number of nitrogen functional groups attached to an aromatic ring is 1.